The first-order valence-electron chi connectivity index (χ1n) is 6.56. The lowest BCUT2D eigenvalue weighted by Gasteiger charge is -2.14. The number of nitrogens with zero attached hydrogens (tertiary/aromatic N) is 2. The molecule has 0 aliphatic rings. The summed E-state index contributed by atoms with van der Waals surface area (Å²) >= 11 is 1.27. The van der Waals surface area contributed by atoms with E-state index in [4.69, 9.17) is 15.2 Å². The maximum atomic E-state index is 10.4. The predicted octanol–water partition coefficient (Wildman–Crippen LogP) is 2.59. The maximum Gasteiger partial charge on any atom is 0.202 e. The highest BCUT2D eigenvalue weighted by Gasteiger charge is 2.23. The zero-order valence-corrected chi connectivity index (χ0v) is 13.0. The Kier molecular flexibility index (Phi) is 3.72. The van der Waals surface area contributed by atoms with Gasteiger partial charge in [-0.05, 0) is 11.6 Å². The molecule has 0 bridgehead atoms. The smallest absolute Gasteiger partial charge is 0.202 e. The summed E-state index contributed by atoms with van der Waals surface area (Å²) in [6, 6.07) is 3.81. The molecule has 3 rings (SSSR count). The number of hydrogen-bond acceptors (Lipinski definition) is 7. The van der Waals surface area contributed by atoms with E-state index in [2.05, 4.69) is 9.97 Å². The molecule has 114 valence electrons. The molecule has 0 aliphatic heterocycles. The first-order valence-corrected chi connectivity index (χ1v) is 7.38. The van der Waals surface area contributed by atoms with Gasteiger partial charge in [-0.3, -0.25) is 4.98 Å². The van der Waals surface area contributed by atoms with Gasteiger partial charge in [0.15, 0.2) is 16.6 Å². The van der Waals surface area contributed by atoms with Crippen molar-refractivity contribution in [3.05, 3.63) is 35.7 Å². The number of thiazole rings is 1. The minimum absolute atomic E-state index is 0.0416. The minimum Gasteiger partial charge on any atom is -0.502 e. The third-order valence-corrected chi connectivity index (χ3v) is 4.24. The number of phenols is 1. The Morgan fingerprint density at radius 3 is 2.68 bits per heavy atom. The maximum absolute atomic E-state index is 10.4. The van der Waals surface area contributed by atoms with Crippen LogP contribution in [-0.4, -0.2) is 29.3 Å². The largest absolute Gasteiger partial charge is 0.502 e. The second kappa shape index (κ2) is 5.69. The van der Waals surface area contributed by atoms with Crippen LogP contribution in [0.15, 0.2) is 24.5 Å². The van der Waals surface area contributed by atoms with Crippen LogP contribution in [0.25, 0.3) is 10.2 Å². The summed E-state index contributed by atoms with van der Waals surface area (Å²) in [5.74, 6) is 0.634. The number of aromatic nitrogens is 2. The van der Waals surface area contributed by atoms with Crippen molar-refractivity contribution in [2.45, 2.75) is 6.42 Å². The summed E-state index contributed by atoms with van der Waals surface area (Å²) in [5, 5.41) is 10.8. The molecule has 0 spiro atoms. The van der Waals surface area contributed by atoms with Gasteiger partial charge >= 0.3 is 0 Å². The van der Waals surface area contributed by atoms with E-state index in [0.717, 1.165) is 11.1 Å². The third kappa shape index (κ3) is 2.29. The van der Waals surface area contributed by atoms with Crippen molar-refractivity contribution in [1.29, 1.82) is 0 Å². The molecule has 0 saturated carbocycles. The van der Waals surface area contributed by atoms with Crippen molar-refractivity contribution in [2.75, 3.05) is 20.0 Å². The van der Waals surface area contributed by atoms with Crippen LogP contribution in [0.1, 0.15) is 11.1 Å². The van der Waals surface area contributed by atoms with Crippen LogP contribution in [0.2, 0.25) is 0 Å². The molecule has 22 heavy (non-hydrogen) atoms. The highest BCUT2D eigenvalue weighted by atomic mass is 32.1. The van der Waals surface area contributed by atoms with E-state index in [-0.39, 0.29) is 5.75 Å². The van der Waals surface area contributed by atoms with Gasteiger partial charge in [0.2, 0.25) is 5.75 Å². The van der Waals surface area contributed by atoms with Gasteiger partial charge in [0.05, 0.1) is 19.7 Å². The summed E-state index contributed by atoms with van der Waals surface area (Å²) in [7, 11) is 2.99. The molecule has 2 aromatic heterocycles. The number of anilines is 1. The fraction of sp³-hybridized carbons (Fsp3) is 0.200. The number of nitrogens with two attached hydrogens (primary N) is 1. The van der Waals surface area contributed by atoms with Crippen molar-refractivity contribution < 1.29 is 14.6 Å². The first kappa shape index (κ1) is 14.4. The van der Waals surface area contributed by atoms with E-state index in [1.165, 1.54) is 25.6 Å². The summed E-state index contributed by atoms with van der Waals surface area (Å²) < 4.78 is 11.4. The van der Waals surface area contributed by atoms with Crippen LogP contribution in [0.3, 0.4) is 0 Å². The molecule has 0 aliphatic carbocycles. The summed E-state index contributed by atoms with van der Waals surface area (Å²) in [4.78, 5) is 8.48. The van der Waals surface area contributed by atoms with Crippen molar-refractivity contribution in [1.82, 2.24) is 9.97 Å². The molecule has 0 amide bonds. The van der Waals surface area contributed by atoms with Gasteiger partial charge in [0, 0.05) is 24.4 Å². The number of hydrogen-bond donors (Lipinski definition) is 2. The molecule has 2 heterocycles. The van der Waals surface area contributed by atoms with E-state index in [1.54, 1.807) is 12.4 Å². The van der Waals surface area contributed by atoms with Crippen molar-refractivity contribution in [2.24, 2.45) is 0 Å². The molecule has 6 nitrogen and oxygen atoms in total. The van der Waals surface area contributed by atoms with Gasteiger partial charge in [-0.1, -0.05) is 17.4 Å². The van der Waals surface area contributed by atoms with Crippen LogP contribution in [0.5, 0.6) is 17.2 Å². The topological polar surface area (TPSA) is 90.5 Å². The van der Waals surface area contributed by atoms with Gasteiger partial charge in [-0.25, -0.2) is 4.98 Å². The van der Waals surface area contributed by atoms with Crippen LogP contribution in [-0.2, 0) is 6.42 Å². The molecule has 3 aromatic rings. The fourth-order valence-corrected chi connectivity index (χ4v) is 3.32. The van der Waals surface area contributed by atoms with Crippen LogP contribution in [0, 0.1) is 0 Å². The van der Waals surface area contributed by atoms with E-state index >= 15 is 0 Å². The van der Waals surface area contributed by atoms with E-state index in [1.807, 2.05) is 12.1 Å². The third-order valence-electron chi connectivity index (χ3n) is 3.35. The average molecular weight is 317 g/mol. The van der Waals surface area contributed by atoms with Crippen molar-refractivity contribution in [3.63, 3.8) is 0 Å². The second-order valence-electron chi connectivity index (χ2n) is 4.66. The van der Waals surface area contributed by atoms with Crippen molar-refractivity contribution >= 4 is 26.7 Å². The molecule has 0 saturated heterocycles. The van der Waals surface area contributed by atoms with E-state index in [0.29, 0.717) is 33.3 Å². The van der Waals surface area contributed by atoms with Crippen LogP contribution < -0.4 is 15.2 Å². The molecule has 0 unspecified atom stereocenters. The Hall–Kier alpha value is -2.54. The first-order chi connectivity index (χ1) is 10.7. The molecule has 0 fully saturated rings. The normalized spacial score (nSPS) is 10.8. The number of phenolic OH excluding ortho intramolecular Hbond substituents is 1. The highest BCUT2D eigenvalue weighted by Crippen LogP contribution is 2.48. The van der Waals surface area contributed by atoms with Gasteiger partial charge in [-0.15, -0.1) is 0 Å². The van der Waals surface area contributed by atoms with Crippen LogP contribution >= 0.6 is 11.3 Å². The fourth-order valence-electron chi connectivity index (χ4n) is 2.44. The predicted molar refractivity (Wildman–Crippen MR) is 85.8 cm³/mol. The Bertz CT molecular complexity index is 818. The Morgan fingerprint density at radius 1 is 1.27 bits per heavy atom. The quantitative estimate of drug-likeness (QED) is 0.768. The monoisotopic (exact) mass is 317 g/mol. The van der Waals surface area contributed by atoms with Crippen LogP contribution in [0.4, 0.5) is 5.13 Å². The number of rotatable bonds is 4. The number of pyridine rings is 1. The molecule has 7 heteroatoms. The average Bonchev–Trinajstić information content (AvgIpc) is 2.90. The molecule has 1 aromatic carbocycles. The summed E-state index contributed by atoms with van der Waals surface area (Å²) in [6.45, 7) is 0. The van der Waals surface area contributed by atoms with Gasteiger partial charge < -0.3 is 20.3 Å². The standard InChI is InChI=1S/C15H15N3O3S/c1-20-12-9(6-8-4-3-5-17-7-8)10-14(22-15(16)18-10)13(21-2)11(12)19/h3-5,7,19H,6H2,1-2H3,(H2,16,18). The molecular formula is C15H15N3O3S. The second-order valence-corrected chi connectivity index (χ2v) is 5.69. The lowest BCUT2D eigenvalue weighted by molar-refractivity contribution is 0.341. The molecule has 0 radical (unpaired) electrons. The lowest BCUT2D eigenvalue weighted by atomic mass is 10.0. The zero-order valence-electron chi connectivity index (χ0n) is 12.2. The molecule has 3 N–H and O–H groups in total. The number of methoxy groups -OCH3 is 2. The SMILES string of the molecule is COc1c(O)c(OC)c2sc(N)nc2c1Cc1cccnc1. The number of ether oxygens (including phenoxy) is 2. The van der Waals surface area contributed by atoms with E-state index in [9.17, 15) is 5.11 Å². The summed E-state index contributed by atoms with van der Waals surface area (Å²) in [6.07, 6.45) is 4.00. The number of nitrogen functional groups attached to an aromatic ring is 1. The Labute approximate surface area is 131 Å². The number of benzene rings is 1. The van der Waals surface area contributed by atoms with Gasteiger partial charge in [0.25, 0.3) is 0 Å². The number of aromatic hydroxyl groups is 1. The minimum atomic E-state index is -0.0416. The zero-order chi connectivity index (χ0) is 15.7. The van der Waals surface area contributed by atoms with Crippen molar-refractivity contribution in [3.8, 4) is 17.2 Å². The number of fused-ring (bicyclic) bond motifs is 1. The Balaban J connectivity index is 2.27. The highest BCUT2D eigenvalue weighted by molar-refractivity contribution is 7.22. The lowest BCUT2D eigenvalue weighted by Crippen LogP contribution is -1.98. The Morgan fingerprint density at radius 2 is 2.05 bits per heavy atom. The molecule has 0 atom stereocenters. The van der Waals surface area contributed by atoms with E-state index < -0.39 is 0 Å². The van der Waals surface area contributed by atoms with Gasteiger partial charge in [0.1, 0.15) is 4.70 Å². The van der Waals surface area contributed by atoms with Gasteiger partial charge in [-0.2, -0.15) is 0 Å². The summed E-state index contributed by atoms with van der Waals surface area (Å²) in [5.41, 5.74) is 8.26. The molecular weight excluding hydrogens is 302 g/mol.